The maximum atomic E-state index is 12.7. The number of nitro groups is 1. The summed E-state index contributed by atoms with van der Waals surface area (Å²) < 4.78 is 0. The van der Waals surface area contributed by atoms with Gasteiger partial charge in [0.2, 0.25) is 0 Å². The lowest BCUT2D eigenvalue weighted by Crippen LogP contribution is -2.27. The summed E-state index contributed by atoms with van der Waals surface area (Å²) in [7, 11) is 0. The molecule has 3 rings (SSSR count). The van der Waals surface area contributed by atoms with E-state index in [0.717, 1.165) is 22.9 Å². The highest BCUT2D eigenvalue weighted by Crippen LogP contribution is 2.35. The Morgan fingerprint density at radius 2 is 1.93 bits per heavy atom. The van der Waals surface area contributed by atoms with Crippen molar-refractivity contribution in [3.63, 3.8) is 0 Å². The molecule has 2 aromatic carbocycles. The molecule has 9 heteroatoms. The summed E-state index contributed by atoms with van der Waals surface area (Å²) in [4.78, 5) is 37.6. The molecule has 0 bridgehead atoms. The summed E-state index contributed by atoms with van der Waals surface area (Å²) in [5.41, 5.74) is 2.30. The minimum atomic E-state index is -0.500. The molecule has 0 spiro atoms. The Kier molecular flexibility index (Phi) is 6.73. The molecule has 7 nitrogen and oxygen atoms in total. The van der Waals surface area contributed by atoms with E-state index in [1.165, 1.54) is 28.8 Å². The van der Waals surface area contributed by atoms with Gasteiger partial charge < -0.3 is 5.11 Å². The van der Waals surface area contributed by atoms with Crippen LogP contribution in [0.25, 0.3) is 6.08 Å². The lowest BCUT2D eigenvalue weighted by atomic mass is 10.1. The van der Waals surface area contributed by atoms with Crippen LogP contribution in [0.4, 0.5) is 10.5 Å². The monoisotopic (exact) mass is 430 g/mol. The van der Waals surface area contributed by atoms with Crippen molar-refractivity contribution in [1.82, 2.24) is 4.90 Å². The summed E-state index contributed by atoms with van der Waals surface area (Å²) >= 11 is 2.01. The summed E-state index contributed by atoms with van der Waals surface area (Å²) in [5.74, 6) is -0.0695. The predicted molar refractivity (Wildman–Crippen MR) is 114 cm³/mol. The predicted octanol–water partition coefficient (Wildman–Crippen LogP) is 4.22. The van der Waals surface area contributed by atoms with E-state index in [2.05, 4.69) is 0 Å². The van der Waals surface area contributed by atoms with Gasteiger partial charge in [-0.25, -0.2) is 0 Å². The highest BCUT2D eigenvalue weighted by molar-refractivity contribution is 8.18. The molecule has 1 heterocycles. The molecular weight excluding hydrogens is 412 g/mol. The first-order valence-corrected chi connectivity index (χ1v) is 10.5. The molecule has 2 aromatic rings. The molecule has 0 radical (unpaired) electrons. The molecule has 0 aliphatic carbocycles. The zero-order valence-electron chi connectivity index (χ0n) is 15.5. The summed E-state index contributed by atoms with van der Waals surface area (Å²) in [6.45, 7) is 2.05. The quantitative estimate of drug-likeness (QED) is 0.304. The number of rotatable bonds is 7. The fourth-order valence-corrected chi connectivity index (χ4v) is 4.30. The number of nitrogens with zero attached hydrogens (tertiary/aromatic N) is 2. The average molecular weight is 431 g/mol. The van der Waals surface area contributed by atoms with Crippen LogP contribution in [0.3, 0.4) is 0 Å². The molecule has 1 aliphatic rings. The Balaban J connectivity index is 1.82. The van der Waals surface area contributed by atoms with E-state index in [1.807, 2.05) is 31.2 Å². The van der Waals surface area contributed by atoms with Crippen LogP contribution in [0.2, 0.25) is 0 Å². The van der Waals surface area contributed by atoms with Gasteiger partial charge in [0.05, 0.1) is 27.9 Å². The molecule has 0 saturated carbocycles. The van der Waals surface area contributed by atoms with E-state index in [4.69, 9.17) is 5.11 Å². The maximum Gasteiger partial charge on any atom is 0.293 e. The van der Waals surface area contributed by atoms with Gasteiger partial charge in [-0.1, -0.05) is 35.9 Å². The topological polar surface area (TPSA) is 101 Å². The Bertz CT molecular complexity index is 989. The van der Waals surface area contributed by atoms with Gasteiger partial charge in [-0.3, -0.25) is 24.6 Å². The number of aliphatic hydroxyl groups is 1. The summed E-state index contributed by atoms with van der Waals surface area (Å²) in [6.07, 6.45) is 1.49. The zero-order chi connectivity index (χ0) is 21.0. The third-order valence-electron chi connectivity index (χ3n) is 4.16. The van der Waals surface area contributed by atoms with Gasteiger partial charge in [0, 0.05) is 11.8 Å². The van der Waals surface area contributed by atoms with Crippen molar-refractivity contribution >= 4 is 46.4 Å². The van der Waals surface area contributed by atoms with Gasteiger partial charge in [-0.2, -0.15) is 0 Å². The number of thioether (sulfide) groups is 2. The molecule has 0 atom stereocenters. The van der Waals surface area contributed by atoms with Crippen molar-refractivity contribution in [2.24, 2.45) is 0 Å². The second kappa shape index (κ2) is 9.25. The molecule has 1 fully saturated rings. The minimum Gasteiger partial charge on any atom is -0.396 e. The van der Waals surface area contributed by atoms with Crippen molar-refractivity contribution in [3.8, 4) is 0 Å². The molecule has 29 heavy (non-hydrogen) atoms. The van der Waals surface area contributed by atoms with E-state index in [0.29, 0.717) is 16.2 Å². The summed E-state index contributed by atoms with van der Waals surface area (Å²) in [5, 5.41) is 19.9. The number of hydrogen-bond acceptors (Lipinski definition) is 7. The second-order valence-corrected chi connectivity index (χ2v) is 8.44. The lowest BCUT2D eigenvalue weighted by molar-refractivity contribution is -0.387. The van der Waals surface area contributed by atoms with Crippen LogP contribution in [0, 0.1) is 17.0 Å². The SMILES string of the molecule is Cc1ccc(CN2C(=O)S/C(=C\c3ccc(SCCO)c([N+](=O)[O-])c3)C2=O)cc1. The normalized spacial score (nSPS) is 15.4. The van der Waals surface area contributed by atoms with Crippen LogP contribution in [0.5, 0.6) is 0 Å². The number of amides is 2. The highest BCUT2D eigenvalue weighted by atomic mass is 32.2. The Morgan fingerprint density at radius 3 is 2.59 bits per heavy atom. The molecule has 1 saturated heterocycles. The van der Waals surface area contributed by atoms with Crippen LogP contribution in [-0.2, 0) is 11.3 Å². The number of aliphatic hydroxyl groups excluding tert-OH is 1. The molecule has 2 amide bonds. The third-order valence-corrected chi connectivity index (χ3v) is 6.11. The number of carbonyl (C=O) groups is 2. The van der Waals surface area contributed by atoms with Crippen LogP contribution < -0.4 is 0 Å². The molecule has 0 unspecified atom stereocenters. The smallest absolute Gasteiger partial charge is 0.293 e. The zero-order valence-corrected chi connectivity index (χ0v) is 17.2. The molecule has 1 aliphatic heterocycles. The van der Waals surface area contributed by atoms with E-state index in [-0.39, 0.29) is 29.0 Å². The Labute approximate surface area is 175 Å². The van der Waals surface area contributed by atoms with Gasteiger partial charge in [0.25, 0.3) is 16.8 Å². The van der Waals surface area contributed by atoms with Crippen molar-refractivity contribution in [3.05, 3.63) is 74.2 Å². The summed E-state index contributed by atoms with van der Waals surface area (Å²) in [6, 6.07) is 12.2. The van der Waals surface area contributed by atoms with E-state index < -0.39 is 10.8 Å². The first kappa shape index (κ1) is 21.1. The first-order chi connectivity index (χ1) is 13.9. The van der Waals surface area contributed by atoms with Gasteiger partial charge in [0.15, 0.2) is 0 Å². The number of carbonyl (C=O) groups excluding carboxylic acids is 2. The van der Waals surface area contributed by atoms with Crippen molar-refractivity contribution in [1.29, 1.82) is 0 Å². The fraction of sp³-hybridized carbons (Fsp3) is 0.200. The van der Waals surface area contributed by atoms with Gasteiger partial charge in [-0.15, -0.1) is 11.8 Å². The molecule has 150 valence electrons. The lowest BCUT2D eigenvalue weighted by Gasteiger charge is -2.12. The van der Waals surface area contributed by atoms with Crippen molar-refractivity contribution < 1.29 is 19.6 Å². The number of aryl methyl sites for hydroxylation is 1. The Hall–Kier alpha value is -2.62. The van der Waals surface area contributed by atoms with Crippen LogP contribution in [-0.4, -0.2) is 38.4 Å². The van der Waals surface area contributed by atoms with E-state index in [9.17, 15) is 19.7 Å². The number of hydrogen-bond donors (Lipinski definition) is 1. The van der Waals surface area contributed by atoms with E-state index >= 15 is 0 Å². The number of nitro benzene ring substituents is 1. The molecule has 1 N–H and O–H groups in total. The maximum absolute atomic E-state index is 12.7. The van der Waals surface area contributed by atoms with Crippen molar-refractivity contribution in [2.45, 2.75) is 18.4 Å². The third kappa shape index (κ3) is 5.06. The molecular formula is C20H18N2O5S2. The standard InChI is InChI=1S/C20H18N2O5S2/c1-13-2-4-14(5-3-13)12-21-19(24)18(29-20(21)25)11-15-6-7-17(28-9-8-23)16(10-15)22(26)27/h2-7,10-11,23H,8-9,12H2,1H3/b18-11-. The van der Waals surface area contributed by atoms with Crippen LogP contribution >= 0.6 is 23.5 Å². The van der Waals surface area contributed by atoms with Crippen molar-refractivity contribution in [2.75, 3.05) is 12.4 Å². The van der Waals surface area contributed by atoms with Crippen LogP contribution in [0.15, 0.2) is 52.3 Å². The number of benzene rings is 2. The highest BCUT2D eigenvalue weighted by Gasteiger charge is 2.35. The number of imide groups is 1. The fourth-order valence-electron chi connectivity index (χ4n) is 2.71. The van der Waals surface area contributed by atoms with E-state index in [1.54, 1.807) is 12.1 Å². The van der Waals surface area contributed by atoms with Gasteiger partial charge in [0.1, 0.15) is 0 Å². The second-order valence-electron chi connectivity index (χ2n) is 6.31. The average Bonchev–Trinajstić information content (AvgIpc) is 2.95. The van der Waals surface area contributed by atoms with Gasteiger partial charge in [-0.05, 0) is 42.0 Å². The molecule has 0 aromatic heterocycles. The first-order valence-electron chi connectivity index (χ1n) is 8.72. The minimum absolute atomic E-state index is 0.0856. The van der Waals surface area contributed by atoms with Gasteiger partial charge >= 0.3 is 0 Å². The largest absolute Gasteiger partial charge is 0.396 e. The Morgan fingerprint density at radius 1 is 1.21 bits per heavy atom. The van der Waals surface area contributed by atoms with Crippen LogP contribution in [0.1, 0.15) is 16.7 Å².